The van der Waals surface area contributed by atoms with Crippen molar-refractivity contribution >= 4 is 12.0 Å². The molecule has 0 saturated heterocycles. The second kappa shape index (κ2) is 10.4. The summed E-state index contributed by atoms with van der Waals surface area (Å²) in [5.74, 6) is -1.87. The summed E-state index contributed by atoms with van der Waals surface area (Å²) in [6.07, 6.45) is 4.59. The van der Waals surface area contributed by atoms with Gasteiger partial charge in [0.1, 0.15) is 0 Å². The number of hydrogen-bond acceptors (Lipinski definition) is 6. The molecular formula is C20H13F2IrN6. The van der Waals surface area contributed by atoms with Gasteiger partial charge in [0.15, 0.2) is 0 Å². The van der Waals surface area contributed by atoms with E-state index in [0.717, 1.165) is 11.8 Å². The van der Waals surface area contributed by atoms with Crippen molar-refractivity contribution in [3.8, 4) is 17.5 Å². The third kappa shape index (κ3) is 5.41. The van der Waals surface area contributed by atoms with E-state index < -0.39 is 17.2 Å². The molecule has 0 spiro atoms. The van der Waals surface area contributed by atoms with E-state index in [4.69, 9.17) is 5.26 Å². The molecule has 0 amide bonds. The number of aromatic nitrogens is 2. The molecule has 146 valence electrons. The summed E-state index contributed by atoms with van der Waals surface area (Å²) < 4.78 is 26.7. The SMILES string of the molecule is CN1C=NN(c2[c-]cccc2)[CH-]1.N#Cc1c(F)c[c-]c(-c2ncccn2)c1F.[Ir+3]. The fraction of sp³-hybridized carbons (Fsp3) is 0.0500. The number of rotatable bonds is 2. The van der Waals surface area contributed by atoms with E-state index in [1.807, 2.05) is 42.9 Å². The van der Waals surface area contributed by atoms with Crippen LogP contribution in [0.4, 0.5) is 14.5 Å². The van der Waals surface area contributed by atoms with E-state index in [1.165, 1.54) is 18.5 Å². The standard InChI is InChI=1S/C11H4F2N3.C9H9N3.Ir/c12-9-3-2-7(10(13)8(9)6-14)11-15-4-1-5-16-11;1-11-7-10-12(8-11)9-5-3-2-4-6-9;/h1,3-5H;2-5,7-8H,1H3;/q-1;-2;+3. The molecule has 2 heterocycles. The van der Waals surface area contributed by atoms with Crippen LogP contribution in [0.1, 0.15) is 5.56 Å². The predicted molar refractivity (Wildman–Crippen MR) is 99.2 cm³/mol. The van der Waals surface area contributed by atoms with Crippen LogP contribution in [0.15, 0.2) is 53.9 Å². The molecule has 0 unspecified atom stereocenters. The van der Waals surface area contributed by atoms with E-state index in [2.05, 4.69) is 27.2 Å². The third-order valence-corrected chi connectivity index (χ3v) is 3.51. The van der Waals surface area contributed by atoms with Crippen LogP contribution in [0, 0.1) is 41.8 Å². The molecule has 4 rings (SSSR count). The molecule has 0 fully saturated rings. The van der Waals surface area contributed by atoms with Gasteiger partial charge in [-0.3, -0.25) is 18.7 Å². The van der Waals surface area contributed by atoms with Gasteiger partial charge in [0.05, 0.1) is 29.9 Å². The number of hydrazone groups is 1. The summed E-state index contributed by atoms with van der Waals surface area (Å²) in [6, 6.07) is 17.1. The first-order chi connectivity index (χ1) is 13.6. The molecule has 29 heavy (non-hydrogen) atoms. The Morgan fingerprint density at radius 2 is 1.90 bits per heavy atom. The van der Waals surface area contributed by atoms with Crippen molar-refractivity contribution in [3.63, 3.8) is 0 Å². The second-order valence-electron chi connectivity index (χ2n) is 5.49. The number of anilines is 1. The van der Waals surface area contributed by atoms with Crippen LogP contribution in [0.3, 0.4) is 0 Å². The summed E-state index contributed by atoms with van der Waals surface area (Å²) in [5, 5.41) is 14.5. The Morgan fingerprint density at radius 1 is 1.14 bits per heavy atom. The van der Waals surface area contributed by atoms with E-state index in [1.54, 1.807) is 17.4 Å². The maximum atomic E-state index is 13.6. The number of nitriles is 1. The van der Waals surface area contributed by atoms with Crippen molar-refractivity contribution in [1.82, 2.24) is 14.9 Å². The van der Waals surface area contributed by atoms with Crippen molar-refractivity contribution < 1.29 is 28.9 Å². The summed E-state index contributed by atoms with van der Waals surface area (Å²) in [5.41, 5.74) is 0.192. The maximum absolute atomic E-state index is 13.6. The molecular weight excluding hydrogens is 554 g/mol. The molecule has 0 atom stereocenters. The van der Waals surface area contributed by atoms with Gasteiger partial charge in [-0.1, -0.05) is 11.3 Å². The van der Waals surface area contributed by atoms with E-state index in [9.17, 15) is 8.78 Å². The van der Waals surface area contributed by atoms with Gasteiger partial charge in [0.2, 0.25) is 0 Å². The van der Waals surface area contributed by atoms with Crippen LogP contribution in [0.2, 0.25) is 0 Å². The zero-order chi connectivity index (χ0) is 19.9. The Labute approximate surface area is 180 Å². The molecule has 1 aromatic heterocycles. The van der Waals surface area contributed by atoms with E-state index >= 15 is 0 Å². The Morgan fingerprint density at radius 3 is 2.48 bits per heavy atom. The molecule has 0 radical (unpaired) electrons. The van der Waals surface area contributed by atoms with Crippen LogP contribution in [0.25, 0.3) is 11.4 Å². The van der Waals surface area contributed by atoms with Gasteiger partial charge < -0.3 is 9.91 Å². The summed E-state index contributed by atoms with van der Waals surface area (Å²) in [7, 11) is 1.94. The van der Waals surface area contributed by atoms with Gasteiger partial charge in [-0.15, -0.1) is 24.9 Å². The monoisotopic (exact) mass is 568 g/mol. The van der Waals surface area contributed by atoms with Crippen molar-refractivity contribution in [1.29, 1.82) is 5.26 Å². The molecule has 1 aliphatic heterocycles. The molecule has 6 nitrogen and oxygen atoms in total. The molecule has 9 heteroatoms. The molecule has 0 bridgehead atoms. The molecule has 3 aromatic rings. The molecule has 2 aromatic carbocycles. The van der Waals surface area contributed by atoms with Gasteiger partial charge in [-0.2, -0.15) is 34.6 Å². The minimum absolute atomic E-state index is 0. The van der Waals surface area contributed by atoms with Gasteiger partial charge in [-0.25, -0.2) is 0 Å². The number of benzene rings is 2. The van der Waals surface area contributed by atoms with E-state index in [0.29, 0.717) is 0 Å². The number of nitrogens with zero attached hydrogens (tertiary/aromatic N) is 6. The second-order valence-corrected chi connectivity index (χ2v) is 5.49. The number of halogens is 2. The molecule has 0 aliphatic carbocycles. The van der Waals surface area contributed by atoms with Gasteiger partial charge >= 0.3 is 20.1 Å². The minimum atomic E-state index is -0.992. The Bertz CT molecular complexity index is 1010. The van der Waals surface area contributed by atoms with Gasteiger partial charge in [-0.05, 0) is 13.1 Å². The predicted octanol–water partition coefficient (Wildman–Crippen LogP) is 3.39. The Balaban J connectivity index is 0.000000207. The normalized spacial score (nSPS) is 11.9. The first kappa shape index (κ1) is 22.1. The largest absolute Gasteiger partial charge is 3.00 e. The van der Waals surface area contributed by atoms with Crippen molar-refractivity contribution in [2.75, 3.05) is 12.1 Å². The number of para-hydroxylation sites is 1. The molecule has 0 saturated carbocycles. The van der Waals surface area contributed by atoms with Crippen LogP contribution in [0.5, 0.6) is 0 Å². The third-order valence-electron chi connectivity index (χ3n) is 3.51. The van der Waals surface area contributed by atoms with Gasteiger partial charge in [0.25, 0.3) is 0 Å². The van der Waals surface area contributed by atoms with Crippen LogP contribution >= 0.6 is 0 Å². The van der Waals surface area contributed by atoms with Crippen LogP contribution in [-0.2, 0) is 20.1 Å². The smallest absolute Gasteiger partial charge is 0.493 e. The van der Waals surface area contributed by atoms with Crippen molar-refractivity contribution in [2.45, 2.75) is 0 Å². The topological polar surface area (TPSA) is 68.4 Å². The maximum Gasteiger partial charge on any atom is 3.00 e. The minimum Gasteiger partial charge on any atom is -0.493 e. The van der Waals surface area contributed by atoms with Crippen molar-refractivity contribution in [3.05, 3.63) is 84.8 Å². The fourth-order valence-electron chi connectivity index (χ4n) is 2.21. The number of hydrogen-bond donors (Lipinski definition) is 0. The quantitative estimate of drug-likeness (QED) is 0.445. The van der Waals surface area contributed by atoms with Crippen LogP contribution in [-0.4, -0.2) is 28.3 Å². The first-order valence-electron chi connectivity index (χ1n) is 8.04. The molecule has 0 N–H and O–H groups in total. The zero-order valence-electron chi connectivity index (χ0n) is 15.0. The zero-order valence-corrected chi connectivity index (χ0v) is 17.4. The fourth-order valence-corrected chi connectivity index (χ4v) is 2.21. The summed E-state index contributed by atoms with van der Waals surface area (Å²) in [4.78, 5) is 9.49. The molecule has 1 aliphatic rings. The Hall–Kier alpha value is -3.21. The van der Waals surface area contributed by atoms with Crippen LogP contribution < -0.4 is 5.01 Å². The Kier molecular flexibility index (Phi) is 7.89. The average molecular weight is 568 g/mol. The summed E-state index contributed by atoms with van der Waals surface area (Å²) >= 11 is 0. The first-order valence-corrected chi connectivity index (χ1v) is 8.04. The van der Waals surface area contributed by atoms with Gasteiger partial charge in [0, 0.05) is 18.0 Å². The summed E-state index contributed by atoms with van der Waals surface area (Å²) in [6.45, 7) is 1.89. The average Bonchev–Trinajstić information content (AvgIpc) is 3.17. The van der Waals surface area contributed by atoms with Crippen molar-refractivity contribution in [2.24, 2.45) is 5.10 Å². The van der Waals surface area contributed by atoms with E-state index in [-0.39, 0.29) is 31.5 Å².